The molecule has 114 valence electrons. The maximum absolute atomic E-state index is 12.4. The number of nitrogens with two attached hydrogens (primary N) is 1. The van der Waals surface area contributed by atoms with Crippen molar-refractivity contribution in [3.05, 3.63) is 24.3 Å². The summed E-state index contributed by atoms with van der Waals surface area (Å²) in [6.45, 7) is 4.92. The van der Waals surface area contributed by atoms with Gasteiger partial charge in [0.1, 0.15) is 0 Å². The van der Waals surface area contributed by atoms with E-state index in [2.05, 4.69) is 22.3 Å². The van der Waals surface area contributed by atoms with E-state index in [0.717, 1.165) is 18.8 Å². The second kappa shape index (κ2) is 5.66. The summed E-state index contributed by atoms with van der Waals surface area (Å²) in [5.41, 5.74) is 7.37. The molecule has 0 aromatic heterocycles. The lowest BCUT2D eigenvalue weighted by molar-refractivity contribution is -0.125. The van der Waals surface area contributed by atoms with Gasteiger partial charge in [0.2, 0.25) is 5.91 Å². The van der Waals surface area contributed by atoms with Crippen LogP contribution in [0.4, 0.5) is 11.4 Å². The third-order valence-corrected chi connectivity index (χ3v) is 4.63. The largest absolute Gasteiger partial charge is 0.379 e. The smallest absolute Gasteiger partial charge is 0.234 e. The zero-order chi connectivity index (χ0) is 14.9. The molecular weight excluding hydrogens is 266 g/mol. The van der Waals surface area contributed by atoms with Gasteiger partial charge in [-0.3, -0.25) is 4.79 Å². The van der Waals surface area contributed by atoms with Crippen molar-refractivity contribution >= 4 is 17.3 Å². The van der Waals surface area contributed by atoms with Crippen LogP contribution < -0.4 is 16.0 Å². The molecule has 2 atom stereocenters. The van der Waals surface area contributed by atoms with Crippen molar-refractivity contribution < 1.29 is 9.53 Å². The first-order valence-electron chi connectivity index (χ1n) is 7.59. The molecule has 1 aromatic rings. The predicted octanol–water partition coefficient (Wildman–Crippen LogP) is 1.59. The van der Waals surface area contributed by atoms with Gasteiger partial charge in [-0.2, -0.15) is 0 Å². The second-order valence-corrected chi connectivity index (χ2v) is 6.23. The lowest BCUT2D eigenvalue weighted by Crippen LogP contribution is -2.47. The number of nitrogens with one attached hydrogen (secondary N) is 1. The molecule has 0 radical (unpaired) electrons. The average molecular weight is 289 g/mol. The Hall–Kier alpha value is -1.59. The van der Waals surface area contributed by atoms with Gasteiger partial charge in [0.25, 0.3) is 0 Å². The molecule has 0 bridgehead atoms. The van der Waals surface area contributed by atoms with Gasteiger partial charge < -0.3 is 20.7 Å². The third kappa shape index (κ3) is 2.76. The highest BCUT2D eigenvalue weighted by molar-refractivity contribution is 5.96. The van der Waals surface area contributed by atoms with Crippen molar-refractivity contribution in [3.63, 3.8) is 0 Å². The van der Waals surface area contributed by atoms with E-state index in [1.807, 2.05) is 19.1 Å². The van der Waals surface area contributed by atoms with Crippen molar-refractivity contribution in [1.82, 2.24) is 0 Å². The molecule has 3 N–H and O–H groups in total. The van der Waals surface area contributed by atoms with Gasteiger partial charge in [0.05, 0.1) is 18.6 Å². The Morgan fingerprint density at radius 3 is 2.57 bits per heavy atom. The first kappa shape index (κ1) is 14.4. The van der Waals surface area contributed by atoms with Crippen molar-refractivity contribution in [2.24, 2.45) is 11.1 Å². The lowest BCUT2D eigenvalue weighted by Gasteiger charge is -2.25. The maximum atomic E-state index is 12.4. The van der Waals surface area contributed by atoms with E-state index >= 15 is 0 Å². The Morgan fingerprint density at radius 1 is 1.33 bits per heavy atom. The quantitative estimate of drug-likeness (QED) is 0.886. The third-order valence-electron chi connectivity index (χ3n) is 4.63. The second-order valence-electron chi connectivity index (χ2n) is 6.23. The van der Waals surface area contributed by atoms with Crippen molar-refractivity contribution in [2.45, 2.75) is 25.8 Å². The molecule has 5 nitrogen and oxygen atoms in total. The SMILES string of the molecule is CC1(C(=O)Nc2ccc(N3CCCC3)cc2)COCC1N. The van der Waals surface area contributed by atoms with Crippen LogP contribution in [-0.2, 0) is 9.53 Å². The number of nitrogens with zero attached hydrogens (tertiary/aromatic N) is 1. The highest BCUT2D eigenvalue weighted by atomic mass is 16.5. The number of rotatable bonds is 3. The van der Waals surface area contributed by atoms with Gasteiger partial charge in [-0.25, -0.2) is 0 Å². The average Bonchev–Trinajstić information content (AvgIpc) is 3.12. The summed E-state index contributed by atoms with van der Waals surface area (Å²) in [6.07, 6.45) is 2.52. The lowest BCUT2D eigenvalue weighted by atomic mass is 9.85. The van der Waals surface area contributed by atoms with Gasteiger partial charge in [-0.1, -0.05) is 0 Å². The van der Waals surface area contributed by atoms with Crippen LogP contribution in [-0.4, -0.2) is 38.3 Å². The van der Waals surface area contributed by atoms with Crippen LogP contribution >= 0.6 is 0 Å². The first-order chi connectivity index (χ1) is 10.1. The molecule has 2 aliphatic heterocycles. The Morgan fingerprint density at radius 2 is 2.00 bits per heavy atom. The van der Waals surface area contributed by atoms with Gasteiger partial charge in [-0.05, 0) is 44.0 Å². The van der Waals surface area contributed by atoms with Crippen molar-refractivity contribution in [1.29, 1.82) is 0 Å². The molecule has 2 heterocycles. The van der Waals surface area contributed by atoms with Crippen LogP contribution in [0.15, 0.2) is 24.3 Å². The normalized spacial score (nSPS) is 28.9. The summed E-state index contributed by atoms with van der Waals surface area (Å²) in [7, 11) is 0. The van der Waals surface area contributed by atoms with E-state index in [9.17, 15) is 4.79 Å². The zero-order valence-corrected chi connectivity index (χ0v) is 12.5. The summed E-state index contributed by atoms with van der Waals surface area (Å²) >= 11 is 0. The molecule has 2 fully saturated rings. The number of carbonyl (C=O) groups is 1. The molecule has 21 heavy (non-hydrogen) atoms. The minimum atomic E-state index is -0.645. The van der Waals surface area contributed by atoms with Crippen LogP contribution in [0.3, 0.4) is 0 Å². The molecule has 3 rings (SSSR count). The van der Waals surface area contributed by atoms with Crippen LogP contribution in [0, 0.1) is 5.41 Å². The fraction of sp³-hybridized carbons (Fsp3) is 0.562. The van der Waals surface area contributed by atoms with Crippen LogP contribution in [0.25, 0.3) is 0 Å². The fourth-order valence-corrected chi connectivity index (χ4v) is 2.93. The topological polar surface area (TPSA) is 67.6 Å². The molecule has 1 amide bonds. The standard InChI is InChI=1S/C16H23N3O2/c1-16(11-21-10-14(16)17)15(20)18-12-4-6-13(7-5-12)19-8-2-3-9-19/h4-7,14H,2-3,8-11,17H2,1H3,(H,18,20). The monoisotopic (exact) mass is 289 g/mol. The number of hydrogen-bond donors (Lipinski definition) is 2. The van der Waals surface area contributed by atoms with E-state index in [0.29, 0.717) is 13.2 Å². The Kier molecular flexibility index (Phi) is 3.87. The minimum absolute atomic E-state index is 0.0681. The number of hydrogen-bond acceptors (Lipinski definition) is 4. The Labute approximate surface area is 125 Å². The first-order valence-corrected chi connectivity index (χ1v) is 7.59. The summed E-state index contributed by atoms with van der Waals surface area (Å²) in [5, 5.41) is 2.96. The molecule has 1 aromatic carbocycles. The number of ether oxygens (including phenoxy) is 1. The number of carbonyl (C=O) groups excluding carboxylic acids is 1. The molecule has 0 spiro atoms. The summed E-state index contributed by atoms with van der Waals surface area (Å²) < 4.78 is 5.33. The van der Waals surface area contributed by atoms with Crippen LogP contribution in [0.2, 0.25) is 0 Å². The van der Waals surface area contributed by atoms with Crippen molar-refractivity contribution in [3.8, 4) is 0 Å². The highest BCUT2D eigenvalue weighted by Gasteiger charge is 2.44. The van der Waals surface area contributed by atoms with E-state index < -0.39 is 5.41 Å². The number of anilines is 2. The van der Waals surface area contributed by atoms with Crippen LogP contribution in [0.1, 0.15) is 19.8 Å². The van der Waals surface area contributed by atoms with E-state index in [1.54, 1.807) is 0 Å². The van der Waals surface area contributed by atoms with E-state index in [1.165, 1.54) is 18.5 Å². The van der Waals surface area contributed by atoms with Gasteiger partial charge >= 0.3 is 0 Å². The molecule has 0 aliphatic carbocycles. The highest BCUT2D eigenvalue weighted by Crippen LogP contribution is 2.29. The predicted molar refractivity (Wildman–Crippen MR) is 83.4 cm³/mol. The van der Waals surface area contributed by atoms with Crippen LogP contribution in [0.5, 0.6) is 0 Å². The van der Waals surface area contributed by atoms with Gasteiger partial charge in [0, 0.05) is 30.5 Å². The number of benzene rings is 1. The zero-order valence-electron chi connectivity index (χ0n) is 12.5. The van der Waals surface area contributed by atoms with E-state index in [4.69, 9.17) is 10.5 Å². The number of amides is 1. The van der Waals surface area contributed by atoms with E-state index in [-0.39, 0.29) is 11.9 Å². The molecular formula is C16H23N3O2. The maximum Gasteiger partial charge on any atom is 0.234 e. The summed E-state index contributed by atoms with van der Waals surface area (Å²) in [6, 6.07) is 7.79. The minimum Gasteiger partial charge on any atom is -0.379 e. The summed E-state index contributed by atoms with van der Waals surface area (Å²) in [5.74, 6) is -0.0681. The molecule has 0 saturated carbocycles. The van der Waals surface area contributed by atoms with Gasteiger partial charge in [0.15, 0.2) is 0 Å². The molecule has 2 unspecified atom stereocenters. The van der Waals surface area contributed by atoms with Gasteiger partial charge in [-0.15, -0.1) is 0 Å². The van der Waals surface area contributed by atoms with Crippen molar-refractivity contribution in [2.75, 3.05) is 36.5 Å². The molecule has 2 aliphatic rings. The summed E-state index contributed by atoms with van der Waals surface area (Å²) in [4.78, 5) is 14.8. The molecule has 2 saturated heterocycles. The fourth-order valence-electron chi connectivity index (χ4n) is 2.93. The molecule has 5 heteroatoms. The Bertz CT molecular complexity index is 511. The Balaban J connectivity index is 1.66.